The van der Waals surface area contributed by atoms with Crippen LogP contribution < -0.4 is 5.32 Å². The number of rotatable bonds is 7. The van der Waals surface area contributed by atoms with Crippen LogP contribution in [0.15, 0.2) is 60.4 Å². The molecule has 2 aliphatic carbocycles. The number of carbonyl (C=O) groups is 1. The number of allylic oxidation sites excluding steroid dienone is 1. The number of benzene rings is 2. The number of ether oxygens (including phenoxy) is 2. The fourth-order valence-electron chi connectivity index (χ4n) is 5.57. The zero-order chi connectivity index (χ0) is 23.5. The molecule has 1 aliphatic heterocycles. The lowest BCUT2D eigenvalue weighted by Gasteiger charge is -2.31. The summed E-state index contributed by atoms with van der Waals surface area (Å²) in [5.74, 6) is 4.17. The van der Waals surface area contributed by atoms with Crippen LogP contribution in [0.25, 0.3) is 0 Å². The number of aliphatic hydroxyl groups is 1. The molecule has 2 fully saturated rings. The van der Waals surface area contributed by atoms with Gasteiger partial charge in [-0.2, -0.15) is 0 Å². The van der Waals surface area contributed by atoms with E-state index >= 15 is 0 Å². The van der Waals surface area contributed by atoms with Crippen LogP contribution in [-0.4, -0.2) is 23.3 Å². The molecule has 5 heteroatoms. The normalized spacial score (nSPS) is 27.5. The molecule has 2 aromatic carbocycles. The van der Waals surface area contributed by atoms with Crippen molar-refractivity contribution in [3.05, 3.63) is 82.6 Å². The van der Waals surface area contributed by atoms with Gasteiger partial charge < -0.3 is 19.9 Å². The van der Waals surface area contributed by atoms with Gasteiger partial charge in [0.15, 0.2) is 5.76 Å². The summed E-state index contributed by atoms with van der Waals surface area (Å²) < 4.78 is 12.2. The minimum Gasteiger partial charge on any atom is -0.459 e. The summed E-state index contributed by atoms with van der Waals surface area (Å²) in [6, 6.07) is 15.7. The molecule has 0 saturated heterocycles. The van der Waals surface area contributed by atoms with E-state index < -0.39 is 6.29 Å². The third-order valence-electron chi connectivity index (χ3n) is 7.48. The first-order valence-corrected chi connectivity index (χ1v) is 12.2. The zero-order valence-electron chi connectivity index (χ0n) is 19.3. The Morgan fingerprint density at radius 2 is 1.82 bits per heavy atom. The van der Waals surface area contributed by atoms with Gasteiger partial charge in [-0.25, -0.2) is 0 Å². The van der Waals surface area contributed by atoms with Crippen LogP contribution in [0.3, 0.4) is 0 Å². The summed E-state index contributed by atoms with van der Waals surface area (Å²) in [7, 11) is 0. The topological polar surface area (TPSA) is 67.8 Å². The summed E-state index contributed by atoms with van der Waals surface area (Å²) >= 11 is 0. The Kier molecular flexibility index (Phi) is 6.71. The van der Waals surface area contributed by atoms with Crippen molar-refractivity contribution in [2.45, 2.75) is 63.6 Å². The molecule has 34 heavy (non-hydrogen) atoms. The molecule has 176 valence electrons. The van der Waals surface area contributed by atoms with Crippen LogP contribution >= 0.6 is 0 Å². The van der Waals surface area contributed by atoms with E-state index in [0.717, 1.165) is 34.6 Å². The van der Waals surface area contributed by atoms with Gasteiger partial charge in [-0.3, -0.25) is 4.79 Å². The van der Waals surface area contributed by atoms with E-state index in [-0.39, 0.29) is 24.5 Å². The van der Waals surface area contributed by atoms with E-state index in [1.165, 1.54) is 19.3 Å². The smallest absolute Gasteiger partial charge is 0.286 e. The quantitative estimate of drug-likeness (QED) is 0.605. The molecule has 2 saturated carbocycles. The van der Waals surface area contributed by atoms with Crippen LogP contribution in [0.5, 0.6) is 0 Å². The Hall–Kier alpha value is -3.07. The molecule has 2 bridgehead atoms. The Bertz CT molecular complexity index is 1080. The van der Waals surface area contributed by atoms with Crippen molar-refractivity contribution in [1.82, 2.24) is 5.32 Å². The van der Waals surface area contributed by atoms with Crippen LogP contribution in [0.1, 0.15) is 60.3 Å². The Balaban J connectivity index is 1.30. The molecule has 0 spiro atoms. The van der Waals surface area contributed by atoms with Crippen LogP contribution in [0.2, 0.25) is 0 Å². The van der Waals surface area contributed by atoms with Gasteiger partial charge in [0.25, 0.3) is 5.91 Å². The number of aliphatic hydroxyl groups excluding tert-OH is 1. The van der Waals surface area contributed by atoms with Gasteiger partial charge in [0, 0.05) is 23.9 Å². The first-order chi connectivity index (χ1) is 16.6. The predicted octanol–water partition coefficient (Wildman–Crippen LogP) is 4.40. The molecule has 0 aromatic heterocycles. The lowest BCUT2D eigenvalue weighted by molar-refractivity contribution is -0.150. The summed E-state index contributed by atoms with van der Waals surface area (Å²) in [5, 5.41) is 12.5. The van der Waals surface area contributed by atoms with Crippen LogP contribution in [0.4, 0.5) is 0 Å². The van der Waals surface area contributed by atoms with E-state index in [9.17, 15) is 9.90 Å². The SMILES string of the molecule is C#Cc1ccc([C@H]2C=C(C(=O)NC3CC4CCC3C4)O[C@@H](OCc3ccc(CO)cc3)C2)cc1. The predicted molar refractivity (Wildman–Crippen MR) is 129 cm³/mol. The van der Waals surface area contributed by atoms with Gasteiger partial charge in [-0.1, -0.05) is 48.7 Å². The van der Waals surface area contributed by atoms with Gasteiger partial charge in [0.2, 0.25) is 6.29 Å². The average Bonchev–Trinajstić information content (AvgIpc) is 3.51. The highest BCUT2D eigenvalue weighted by atomic mass is 16.7. The number of amides is 1. The van der Waals surface area contributed by atoms with Gasteiger partial charge in [-0.05, 0) is 66.0 Å². The number of nitrogens with one attached hydrogen (secondary N) is 1. The molecule has 3 unspecified atom stereocenters. The molecule has 5 atom stereocenters. The van der Waals surface area contributed by atoms with E-state index in [0.29, 0.717) is 24.7 Å². The largest absolute Gasteiger partial charge is 0.459 e. The number of fused-ring (bicyclic) bond motifs is 2. The molecule has 2 N–H and O–H groups in total. The summed E-state index contributed by atoms with van der Waals surface area (Å²) in [5.41, 5.74) is 3.75. The van der Waals surface area contributed by atoms with Crippen molar-refractivity contribution in [3.8, 4) is 12.3 Å². The second-order valence-corrected chi connectivity index (χ2v) is 9.73. The fraction of sp³-hybridized carbons (Fsp3) is 0.414. The maximum Gasteiger partial charge on any atom is 0.286 e. The van der Waals surface area contributed by atoms with Gasteiger partial charge in [0.05, 0.1) is 13.2 Å². The third kappa shape index (κ3) is 5.04. The minimum absolute atomic E-state index is 0.0110. The highest BCUT2D eigenvalue weighted by Gasteiger charge is 2.41. The Morgan fingerprint density at radius 1 is 1.06 bits per heavy atom. The van der Waals surface area contributed by atoms with E-state index in [1.807, 2.05) is 54.6 Å². The zero-order valence-corrected chi connectivity index (χ0v) is 19.3. The molecular weight excluding hydrogens is 426 g/mol. The van der Waals surface area contributed by atoms with Crippen molar-refractivity contribution in [2.75, 3.05) is 0 Å². The Labute approximate surface area is 201 Å². The lowest BCUT2D eigenvalue weighted by atomic mass is 9.92. The average molecular weight is 458 g/mol. The lowest BCUT2D eigenvalue weighted by Crippen LogP contribution is -2.41. The van der Waals surface area contributed by atoms with Crippen LogP contribution in [-0.2, 0) is 27.5 Å². The first kappa shape index (κ1) is 22.7. The summed E-state index contributed by atoms with van der Waals surface area (Å²) in [6.45, 7) is 0.374. The summed E-state index contributed by atoms with van der Waals surface area (Å²) in [6.07, 6.45) is 12.3. The second kappa shape index (κ2) is 10.0. The van der Waals surface area contributed by atoms with E-state index in [2.05, 4.69) is 11.2 Å². The molecule has 5 nitrogen and oxygen atoms in total. The second-order valence-electron chi connectivity index (χ2n) is 9.73. The van der Waals surface area contributed by atoms with Gasteiger partial charge in [0.1, 0.15) is 0 Å². The molecule has 1 amide bonds. The molecular formula is C29H31NO4. The summed E-state index contributed by atoms with van der Waals surface area (Å²) in [4.78, 5) is 13.2. The van der Waals surface area contributed by atoms with E-state index in [4.69, 9.17) is 15.9 Å². The fourth-order valence-corrected chi connectivity index (χ4v) is 5.57. The number of terminal acetylenes is 1. The van der Waals surface area contributed by atoms with Crippen LogP contribution in [0, 0.1) is 24.2 Å². The first-order valence-electron chi connectivity index (χ1n) is 12.2. The van der Waals surface area contributed by atoms with Crippen molar-refractivity contribution in [1.29, 1.82) is 0 Å². The molecule has 5 rings (SSSR count). The monoisotopic (exact) mass is 457 g/mol. The maximum absolute atomic E-state index is 13.2. The highest BCUT2D eigenvalue weighted by molar-refractivity contribution is 5.92. The van der Waals surface area contributed by atoms with E-state index in [1.54, 1.807) is 0 Å². The number of hydrogen-bond donors (Lipinski definition) is 2. The highest BCUT2D eigenvalue weighted by Crippen LogP contribution is 2.44. The molecule has 1 heterocycles. The number of carbonyl (C=O) groups excluding carboxylic acids is 1. The minimum atomic E-state index is -0.541. The number of hydrogen-bond acceptors (Lipinski definition) is 4. The van der Waals surface area contributed by atoms with Gasteiger partial charge >= 0.3 is 0 Å². The molecule has 0 radical (unpaired) electrons. The maximum atomic E-state index is 13.2. The molecule has 2 aromatic rings. The Morgan fingerprint density at radius 3 is 2.47 bits per heavy atom. The standard InChI is InChI=1S/C29H31NO4/c1-2-19-7-10-23(11-8-19)25-15-27(29(32)30-26-14-22-9-12-24(26)13-22)34-28(16-25)33-18-21-5-3-20(17-31)4-6-21/h1,3-8,10-11,15,22,24-26,28,31H,9,12-14,16-18H2,(H,30,32)/t22?,24?,25-,26?,28+/m0/s1. The van der Waals surface area contributed by atoms with Crippen molar-refractivity contribution >= 4 is 5.91 Å². The van der Waals surface area contributed by atoms with Crippen molar-refractivity contribution < 1.29 is 19.4 Å². The third-order valence-corrected chi connectivity index (χ3v) is 7.48. The van der Waals surface area contributed by atoms with Crippen molar-refractivity contribution in [3.63, 3.8) is 0 Å². The van der Waals surface area contributed by atoms with Crippen molar-refractivity contribution in [2.24, 2.45) is 11.8 Å². The van der Waals surface area contributed by atoms with Gasteiger partial charge in [-0.15, -0.1) is 6.42 Å². The molecule has 3 aliphatic rings.